The lowest BCUT2D eigenvalue weighted by Crippen LogP contribution is -2.50. The van der Waals surface area contributed by atoms with Gasteiger partial charge < -0.3 is 10.2 Å². The summed E-state index contributed by atoms with van der Waals surface area (Å²) in [7, 11) is 0. The van der Waals surface area contributed by atoms with Gasteiger partial charge in [-0.1, -0.05) is 29.3 Å². The van der Waals surface area contributed by atoms with Crippen LogP contribution in [0.5, 0.6) is 0 Å². The molecule has 2 atom stereocenters. The third-order valence-corrected chi connectivity index (χ3v) is 4.38. The van der Waals surface area contributed by atoms with Crippen LogP contribution in [-0.2, 0) is 9.59 Å². The highest BCUT2D eigenvalue weighted by Crippen LogP contribution is 2.50. The Morgan fingerprint density at radius 1 is 1.35 bits per heavy atom. The van der Waals surface area contributed by atoms with E-state index in [1.165, 1.54) is 0 Å². The Morgan fingerprint density at radius 3 is 2.85 bits per heavy atom. The highest BCUT2D eigenvalue weighted by atomic mass is 35.5. The predicted molar refractivity (Wildman–Crippen MR) is 76.9 cm³/mol. The lowest BCUT2D eigenvalue weighted by Gasteiger charge is -2.26. The molecule has 1 heterocycles. The van der Waals surface area contributed by atoms with Crippen molar-refractivity contribution in [3.63, 3.8) is 0 Å². The number of hydrogen-bond acceptors (Lipinski definition) is 2. The molecule has 20 heavy (non-hydrogen) atoms. The standard InChI is InChI=1S/C14H14Cl2N2O2/c15-8-1-2-9(12(16)5-8)10-6-11(10)14(20)18-4-3-17-13(19)7-18/h1-2,5,10-11H,3-4,6-7H2,(H,17,19)/t10-,11-/m0/s1. The molecule has 1 aromatic carbocycles. The van der Waals surface area contributed by atoms with Gasteiger partial charge in [0.15, 0.2) is 0 Å². The maximum Gasteiger partial charge on any atom is 0.239 e. The van der Waals surface area contributed by atoms with Crippen molar-refractivity contribution in [1.82, 2.24) is 10.2 Å². The molecule has 1 aromatic rings. The van der Waals surface area contributed by atoms with Crippen LogP contribution in [0.4, 0.5) is 0 Å². The number of nitrogens with zero attached hydrogens (tertiary/aromatic N) is 1. The van der Waals surface area contributed by atoms with Crippen molar-refractivity contribution in [1.29, 1.82) is 0 Å². The maximum absolute atomic E-state index is 12.3. The molecule has 3 rings (SSSR count). The van der Waals surface area contributed by atoms with Gasteiger partial charge in [-0.2, -0.15) is 0 Å². The molecule has 2 amide bonds. The molecule has 6 heteroatoms. The summed E-state index contributed by atoms with van der Waals surface area (Å²) >= 11 is 12.0. The molecular formula is C14H14Cl2N2O2. The second-order valence-electron chi connectivity index (χ2n) is 5.22. The van der Waals surface area contributed by atoms with Crippen molar-refractivity contribution in [3.8, 4) is 0 Å². The molecule has 2 fully saturated rings. The van der Waals surface area contributed by atoms with Crippen LogP contribution in [0.25, 0.3) is 0 Å². The summed E-state index contributed by atoms with van der Waals surface area (Å²) in [5, 5.41) is 3.91. The van der Waals surface area contributed by atoms with Crippen molar-refractivity contribution in [2.45, 2.75) is 12.3 Å². The first-order chi connectivity index (χ1) is 9.56. The van der Waals surface area contributed by atoms with E-state index in [9.17, 15) is 9.59 Å². The van der Waals surface area contributed by atoms with Crippen LogP contribution in [-0.4, -0.2) is 36.3 Å². The van der Waals surface area contributed by atoms with Crippen LogP contribution in [0, 0.1) is 5.92 Å². The molecule has 0 spiro atoms. The Hall–Kier alpha value is -1.26. The van der Waals surface area contributed by atoms with E-state index >= 15 is 0 Å². The second kappa shape index (κ2) is 5.26. The number of carbonyl (C=O) groups excluding carboxylic acids is 2. The highest BCUT2D eigenvalue weighted by Gasteiger charge is 2.47. The van der Waals surface area contributed by atoms with Crippen LogP contribution in [0.1, 0.15) is 17.9 Å². The molecule has 1 saturated carbocycles. The molecule has 1 saturated heterocycles. The quantitative estimate of drug-likeness (QED) is 0.908. The molecule has 1 N–H and O–H groups in total. The van der Waals surface area contributed by atoms with Crippen molar-refractivity contribution in [2.75, 3.05) is 19.6 Å². The van der Waals surface area contributed by atoms with Gasteiger partial charge in [0, 0.05) is 29.1 Å². The van der Waals surface area contributed by atoms with Crippen molar-refractivity contribution in [2.24, 2.45) is 5.92 Å². The molecule has 106 valence electrons. The fraction of sp³-hybridized carbons (Fsp3) is 0.429. The van der Waals surface area contributed by atoms with Crippen LogP contribution in [0.15, 0.2) is 18.2 Å². The molecule has 4 nitrogen and oxygen atoms in total. The van der Waals surface area contributed by atoms with Crippen LogP contribution < -0.4 is 5.32 Å². The van der Waals surface area contributed by atoms with Crippen molar-refractivity contribution >= 4 is 35.0 Å². The van der Waals surface area contributed by atoms with E-state index in [-0.39, 0.29) is 30.2 Å². The number of amides is 2. The Bertz CT molecular complexity index is 576. The Labute approximate surface area is 127 Å². The summed E-state index contributed by atoms with van der Waals surface area (Å²) in [6.07, 6.45) is 0.790. The third kappa shape index (κ3) is 2.63. The Morgan fingerprint density at radius 2 is 2.15 bits per heavy atom. The van der Waals surface area contributed by atoms with Crippen molar-refractivity contribution < 1.29 is 9.59 Å². The van der Waals surface area contributed by atoms with Crippen molar-refractivity contribution in [3.05, 3.63) is 33.8 Å². The smallest absolute Gasteiger partial charge is 0.239 e. The lowest BCUT2D eigenvalue weighted by atomic mass is 10.1. The minimum Gasteiger partial charge on any atom is -0.353 e. The van der Waals surface area contributed by atoms with E-state index in [1.54, 1.807) is 17.0 Å². The van der Waals surface area contributed by atoms with E-state index in [0.29, 0.717) is 23.1 Å². The van der Waals surface area contributed by atoms with Gasteiger partial charge in [-0.25, -0.2) is 0 Å². The molecule has 1 aliphatic heterocycles. The lowest BCUT2D eigenvalue weighted by molar-refractivity contribution is -0.139. The minimum absolute atomic E-state index is 0.0517. The summed E-state index contributed by atoms with van der Waals surface area (Å²) in [5.41, 5.74) is 0.968. The molecule has 0 unspecified atom stereocenters. The molecule has 0 bridgehead atoms. The summed E-state index contributed by atoms with van der Waals surface area (Å²) in [6, 6.07) is 5.37. The van der Waals surface area contributed by atoms with Gasteiger partial charge in [0.1, 0.15) is 0 Å². The largest absolute Gasteiger partial charge is 0.353 e. The average molecular weight is 313 g/mol. The van der Waals surface area contributed by atoms with E-state index in [1.807, 2.05) is 6.07 Å². The van der Waals surface area contributed by atoms with Crippen LogP contribution >= 0.6 is 23.2 Å². The number of halogens is 2. The van der Waals surface area contributed by atoms with Gasteiger partial charge >= 0.3 is 0 Å². The Balaban J connectivity index is 1.69. The SMILES string of the molecule is O=C1CN(C(=O)[C@H]2C[C@H]2c2ccc(Cl)cc2Cl)CCN1. The predicted octanol–water partition coefficient (Wildman–Crippen LogP) is 2.06. The Kier molecular flexibility index (Phi) is 3.61. The monoisotopic (exact) mass is 312 g/mol. The van der Waals surface area contributed by atoms with Gasteiger partial charge in [0.25, 0.3) is 0 Å². The number of benzene rings is 1. The highest BCUT2D eigenvalue weighted by molar-refractivity contribution is 6.35. The third-order valence-electron chi connectivity index (χ3n) is 3.82. The number of carbonyl (C=O) groups is 2. The molecule has 0 radical (unpaired) electrons. The van der Waals surface area contributed by atoms with Gasteiger partial charge in [-0.3, -0.25) is 9.59 Å². The normalized spacial score (nSPS) is 25.3. The number of hydrogen-bond donors (Lipinski definition) is 1. The fourth-order valence-corrected chi connectivity index (χ4v) is 3.22. The van der Waals surface area contributed by atoms with E-state index in [4.69, 9.17) is 23.2 Å². The first-order valence-electron chi connectivity index (χ1n) is 6.56. The minimum atomic E-state index is -0.0914. The van der Waals surface area contributed by atoms with Gasteiger partial charge in [-0.15, -0.1) is 0 Å². The topological polar surface area (TPSA) is 49.4 Å². The summed E-state index contributed by atoms with van der Waals surface area (Å²) in [6.45, 7) is 1.28. The van der Waals surface area contributed by atoms with Crippen LogP contribution in [0.2, 0.25) is 10.0 Å². The van der Waals surface area contributed by atoms with E-state index < -0.39 is 0 Å². The number of piperazine rings is 1. The van der Waals surface area contributed by atoms with E-state index in [2.05, 4.69) is 5.32 Å². The fourth-order valence-electron chi connectivity index (χ4n) is 2.68. The van der Waals surface area contributed by atoms with Crippen LogP contribution in [0.3, 0.4) is 0 Å². The first kappa shape index (κ1) is 13.7. The zero-order valence-corrected chi connectivity index (χ0v) is 12.2. The number of nitrogens with one attached hydrogen (secondary N) is 1. The second-order valence-corrected chi connectivity index (χ2v) is 6.07. The molecule has 0 aromatic heterocycles. The first-order valence-corrected chi connectivity index (χ1v) is 7.32. The van der Waals surface area contributed by atoms with Gasteiger partial charge in [0.2, 0.25) is 11.8 Å². The summed E-state index contributed by atoms with van der Waals surface area (Å²) < 4.78 is 0. The van der Waals surface area contributed by atoms with E-state index in [0.717, 1.165) is 12.0 Å². The summed E-state index contributed by atoms with van der Waals surface area (Å²) in [5.74, 6) is 0.0546. The molecular weight excluding hydrogens is 299 g/mol. The zero-order valence-electron chi connectivity index (χ0n) is 10.7. The van der Waals surface area contributed by atoms with Gasteiger partial charge in [-0.05, 0) is 30.0 Å². The zero-order chi connectivity index (χ0) is 14.3. The average Bonchev–Trinajstić information content (AvgIpc) is 3.18. The van der Waals surface area contributed by atoms with Gasteiger partial charge in [0.05, 0.1) is 6.54 Å². The molecule has 1 aliphatic carbocycles. The molecule has 2 aliphatic rings. The summed E-state index contributed by atoms with van der Waals surface area (Å²) in [4.78, 5) is 25.3. The maximum atomic E-state index is 12.3. The number of rotatable bonds is 2.